The van der Waals surface area contributed by atoms with E-state index in [2.05, 4.69) is 18.3 Å². The molecular formula is C15H19Cl2N. The molecule has 0 radical (unpaired) electrons. The lowest BCUT2D eigenvalue weighted by Gasteiger charge is -2.16. The smallest absolute Gasteiger partial charge is 0.0639 e. The van der Waals surface area contributed by atoms with Crippen LogP contribution < -0.4 is 5.32 Å². The van der Waals surface area contributed by atoms with Gasteiger partial charge in [-0.25, -0.2) is 0 Å². The summed E-state index contributed by atoms with van der Waals surface area (Å²) >= 11 is 12.2. The third kappa shape index (κ3) is 3.50. The van der Waals surface area contributed by atoms with Crippen LogP contribution in [-0.4, -0.2) is 6.54 Å². The molecule has 0 saturated carbocycles. The normalized spacial score (nSPS) is 16.7. The van der Waals surface area contributed by atoms with Crippen molar-refractivity contribution in [1.82, 2.24) is 5.32 Å². The highest BCUT2D eigenvalue weighted by molar-refractivity contribution is 6.42. The third-order valence-corrected chi connectivity index (χ3v) is 4.31. The fourth-order valence-electron chi connectivity index (χ4n) is 2.38. The van der Waals surface area contributed by atoms with Crippen LogP contribution in [0.2, 0.25) is 10.0 Å². The Balaban J connectivity index is 1.87. The average Bonchev–Trinajstić information content (AvgIpc) is 2.85. The van der Waals surface area contributed by atoms with E-state index in [1.807, 2.05) is 18.2 Å². The monoisotopic (exact) mass is 283 g/mol. The van der Waals surface area contributed by atoms with E-state index in [9.17, 15) is 0 Å². The van der Waals surface area contributed by atoms with Gasteiger partial charge in [-0.05, 0) is 50.8 Å². The molecule has 3 heteroatoms. The zero-order chi connectivity index (χ0) is 13.0. The maximum Gasteiger partial charge on any atom is 0.0639 e. The van der Waals surface area contributed by atoms with Gasteiger partial charge in [0.25, 0.3) is 0 Å². The lowest BCUT2D eigenvalue weighted by Crippen LogP contribution is -2.20. The number of benzene rings is 1. The summed E-state index contributed by atoms with van der Waals surface area (Å²) in [7, 11) is 0. The van der Waals surface area contributed by atoms with E-state index in [1.165, 1.54) is 19.3 Å². The largest absolute Gasteiger partial charge is 0.310 e. The Kier molecular flexibility index (Phi) is 5.11. The zero-order valence-corrected chi connectivity index (χ0v) is 12.2. The molecule has 0 saturated heterocycles. The molecule has 1 N–H and O–H groups in total. The molecule has 0 bridgehead atoms. The van der Waals surface area contributed by atoms with Gasteiger partial charge in [-0.3, -0.25) is 0 Å². The van der Waals surface area contributed by atoms with E-state index in [-0.39, 0.29) is 6.04 Å². The second-order valence-electron chi connectivity index (χ2n) is 4.82. The second-order valence-corrected chi connectivity index (χ2v) is 5.61. The van der Waals surface area contributed by atoms with Crippen LogP contribution in [0.25, 0.3) is 0 Å². The maximum atomic E-state index is 6.21. The molecule has 2 rings (SSSR count). The molecule has 1 aromatic carbocycles. The van der Waals surface area contributed by atoms with Gasteiger partial charge in [0.2, 0.25) is 0 Å². The van der Waals surface area contributed by atoms with Gasteiger partial charge >= 0.3 is 0 Å². The van der Waals surface area contributed by atoms with Gasteiger partial charge in [0.05, 0.1) is 10.0 Å². The molecule has 98 valence electrons. The Labute approximate surface area is 119 Å². The number of allylic oxidation sites excluding steroid dienone is 1. The predicted molar refractivity (Wildman–Crippen MR) is 79.4 cm³/mol. The van der Waals surface area contributed by atoms with Crippen LogP contribution in [0.3, 0.4) is 0 Å². The Morgan fingerprint density at radius 2 is 2.17 bits per heavy atom. The first-order chi connectivity index (χ1) is 8.68. The molecule has 1 aromatic rings. The Morgan fingerprint density at radius 1 is 1.33 bits per heavy atom. The Morgan fingerprint density at radius 3 is 2.89 bits per heavy atom. The molecule has 0 spiro atoms. The molecule has 1 aliphatic rings. The number of nitrogens with one attached hydrogen (secondary N) is 1. The van der Waals surface area contributed by atoms with E-state index in [0.717, 1.165) is 18.5 Å². The van der Waals surface area contributed by atoms with Crippen molar-refractivity contribution in [3.05, 3.63) is 45.5 Å². The lowest BCUT2D eigenvalue weighted by molar-refractivity contribution is 0.573. The van der Waals surface area contributed by atoms with Gasteiger partial charge in [-0.2, -0.15) is 0 Å². The van der Waals surface area contributed by atoms with Crippen molar-refractivity contribution in [2.24, 2.45) is 0 Å². The first kappa shape index (κ1) is 13.9. The highest BCUT2D eigenvalue weighted by atomic mass is 35.5. The van der Waals surface area contributed by atoms with E-state index >= 15 is 0 Å². The minimum absolute atomic E-state index is 0.234. The SMILES string of the molecule is CC(NCCC1=CCCC1)c1cccc(Cl)c1Cl. The van der Waals surface area contributed by atoms with Crippen molar-refractivity contribution >= 4 is 23.2 Å². The van der Waals surface area contributed by atoms with Crippen molar-refractivity contribution in [1.29, 1.82) is 0 Å². The molecular weight excluding hydrogens is 265 g/mol. The minimum Gasteiger partial charge on any atom is -0.310 e. The summed E-state index contributed by atoms with van der Waals surface area (Å²) in [5, 5.41) is 4.80. The van der Waals surface area contributed by atoms with Crippen LogP contribution in [-0.2, 0) is 0 Å². The average molecular weight is 284 g/mol. The van der Waals surface area contributed by atoms with Crippen LogP contribution in [0.15, 0.2) is 29.8 Å². The fourth-order valence-corrected chi connectivity index (χ4v) is 2.85. The highest BCUT2D eigenvalue weighted by Gasteiger charge is 2.11. The van der Waals surface area contributed by atoms with Crippen molar-refractivity contribution in [2.75, 3.05) is 6.54 Å². The van der Waals surface area contributed by atoms with E-state index in [4.69, 9.17) is 23.2 Å². The summed E-state index contributed by atoms with van der Waals surface area (Å²) in [4.78, 5) is 0. The Bertz CT molecular complexity index is 440. The van der Waals surface area contributed by atoms with Gasteiger partial charge in [-0.1, -0.05) is 47.0 Å². The van der Waals surface area contributed by atoms with Gasteiger partial charge < -0.3 is 5.32 Å². The fraction of sp³-hybridized carbons (Fsp3) is 0.467. The molecule has 0 amide bonds. The molecule has 0 aliphatic heterocycles. The standard InChI is InChI=1S/C15H19Cl2N/c1-11(13-7-4-8-14(16)15(13)17)18-10-9-12-5-2-3-6-12/h4-5,7-8,11,18H,2-3,6,9-10H2,1H3. The van der Waals surface area contributed by atoms with Gasteiger partial charge in [0.15, 0.2) is 0 Å². The van der Waals surface area contributed by atoms with Gasteiger partial charge in [-0.15, -0.1) is 0 Å². The number of hydrogen-bond acceptors (Lipinski definition) is 1. The molecule has 0 aromatic heterocycles. The van der Waals surface area contributed by atoms with E-state index in [0.29, 0.717) is 10.0 Å². The number of rotatable bonds is 5. The summed E-state index contributed by atoms with van der Waals surface area (Å²) in [5.41, 5.74) is 2.66. The molecule has 0 heterocycles. The van der Waals surface area contributed by atoms with Crippen LogP contribution in [0.4, 0.5) is 0 Å². The maximum absolute atomic E-state index is 6.21. The first-order valence-corrected chi connectivity index (χ1v) is 7.29. The lowest BCUT2D eigenvalue weighted by atomic mass is 10.1. The van der Waals surface area contributed by atoms with Crippen molar-refractivity contribution in [3.63, 3.8) is 0 Å². The molecule has 1 atom stereocenters. The van der Waals surface area contributed by atoms with Crippen LogP contribution >= 0.6 is 23.2 Å². The Hall–Kier alpha value is -0.500. The molecule has 0 fully saturated rings. The summed E-state index contributed by atoms with van der Waals surface area (Å²) in [6.45, 7) is 3.12. The molecule has 1 unspecified atom stereocenters. The van der Waals surface area contributed by atoms with Gasteiger partial charge in [0, 0.05) is 6.04 Å². The van der Waals surface area contributed by atoms with Crippen molar-refractivity contribution in [3.8, 4) is 0 Å². The quantitative estimate of drug-likeness (QED) is 0.738. The zero-order valence-electron chi connectivity index (χ0n) is 10.7. The van der Waals surface area contributed by atoms with E-state index in [1.54, 1.807) is 5.57 Å². The molecule has 1 nitrogen and oxygen atoms in total. The first-order valence-electron chi connectivity index (χ1n) is 6.53. The second kappa shape index (κ2) is 6.60. The van der Waals surface area contributed by atoms with Crippen LogP contribution in [0.5, 0.6) is 0 Å². The molecule has 18 heavy (non-hydrogen) atoms. The number of halogens is 2. The summed E-state index contributed by atoms with van der Waals surface area (Å²) < 4.78 is 0. The summed E-state index contributed by atoms with van der Waals surface area (Å²) in [5.74, 6) is 0. The topological polar surface area (TPSA) is 12.0 Å². The van der Waals surface area contributed by atoms with Crippen molar-refractivity contribution in [2.45, 2.75) is 38.6 Å². The van der Waals surface area contributed by atoms with Gasteiger partial charge in [0.1, 0.15) is 0 Å². The van der Waals surface area contributed by atoms with Crippen LogP contribution in [0.1, 0.15) is 44.2 Å². The molecule has 1 aliphatic carbocycles. The number of hydrogen-bond donors (Lipinski definition) is 1. The highest BCUT2D eigenvalue weighted by Crippen LogP contribution is 2.29. The predicted octanol–water partition coefficient (Wildman–Crippen LogP) is 5.14. The third-order valence-electron chi connectivity index (χ3n) is 3.48. The summed E-state index contributed by atoms with van der Waals surface area (Å²) in [6, 6.07) is 6.03. The van der Waals surface area contributed by atoms with E-state index < -0.39 is 0 Å². The van der Waals surface area contributed by atoms with Crippen LogP contribution in [0, 0.1) is 0 Å². The van der Waals surface area contributed by atoms with Crippen molar-refractivity contribution < 1.29 is 0 Å². The minimum atomic E-state index is 0.234. The summed E-state index contributed by atoms with van der Waals surface area (Å²) in [6.07, 6.45) is 7.37.